The fourth-order valence-electron chi connectivity index (χ4n) is 5.15. The van der Waals surface area contributed by atoms with Crippen LogP contribution >= 0.6 is 0 Å². The summed E-state index contributed by atoms with van der Waals surface area (Å²) >= 11 is 0. The molecule has 0 fully saturated rings. The van der Waals surface area contributed by atoms with Crippen molar-refractivity contribution in [2.24, 2.45) is 0 Å². The summed E-state index contributed by atoms with van der Waals surface area (Å²) in [6.45, 7) is 6.30. The normalized spacial score (nSPS) is 15.0. The quantitative estimate of drug-likeness (QED) is 0.204. The molecule has 9 heteroatoms. The topological polar surface area (TPSA) is 69.0 Å². The van der Waals surface area contributed by atoms with Crippen LogP contribution < -0.4 is 19.8 Å². The average Bonchev–Trinajstić information content (AvgIpc) is 3.24. The van der Waals surface area contributed by atoms with Crippen molar-refractivity contribution in [3.63, 3.8) is 0 Å². The largest absolute Gasteiger partial charge is 0.493 e. The van der Waals surface area contributed by atoms with E-state index in [1.165, 1.54) is 24.1 Å². The minimum absolute atomic E-state index is 0.0177. The van der Waals surface area contributed by atoms with Crippen LogP contribution in [0.2, 0.25) is 0 Å². The first-order valence-corrected chi connectivity index (χ1v) is 13.4. The van der Waals surface area contributed by atoms with Gasteiger partial charge in [0.1, 0.15) is 5.58 Å². The lowest BCUT2D eigenvalue weighted by atomic mass is 9.96. The molecule has 0 N–H and O–H groups in total. The van der Waals surface area contributed by atoms with Gasteiger partial charge in [0.15, 0.2) is 16.9 Å². The zero-order valence-electron chi connectivity index (χ0n) is 23.2. The molecule has 1 unspecified atom stereocenters. The van der Waals surface area contributed by atoms with Gasteiger partial charge in [0.2, 0.25) is 5.76 Å². The average molecular weight is 566 g/mol. The molecule has 0 saturated carbocycles. The van der Waals surface area contributed by atoms with Gasteiger partial charge in [0, 0.05) is 5.69 Å². The van der Waals surface area contributed by atoms with Crippen LogP contribution in [0.5, 0.6) is 11.5 Å². The lowest BCUT2D eigenvalue weighted by Gasteiger charge is -2.26. The Bertz CT molecular complexity index is 1690. The van der Waals surface area contributed by atoms with Crippen molar-refractivity contribution in [1.29, 1.82) is 0 Å². The maximum atomic E-state index is 14.0. The molecule has 4 aromatic rings. The number of amides is 1. The molecule has 5 rings (SSSR count). The van der Waals surface area contributed by atoms with Crippen molar-refractivity contribution in [3.05, 3.63) is 98.4 Å². The van der Waals surface area contributed by atoms with Gasteiger partial charge >= 0.3 is 6.18 Å². The molecular formula is C32H30F3NO5. The Labute approximate surface area is 235 Å². The summed E-state index contributed by atoms with van der Waals surface area (Å²) in [6, 6.07) is 11.8. The Balaban J connectivity index is 1.71. The second kappa shape index (κ2) is 11.0. The summed E-state index contributed by atoms with van der Waals surface area (Å²) in [4.78, 5) is 29.0. The van der Waals surface area contributed by atoms with Crippen molar-refractivity contribution in [2.45, 2.75) is 52.3 Å². The van der Waals surface area contributed by atoms with Gasteiger partial charge in [-0.3, -0.25) is 14.5 Å². The van der Waals surface area contributed by atoms with E-state index in [1.54, 1.807) is 30.3 Å². The first-order chi connectivity index (χ1) is 19.5. The number of unbranched alkanes of at least 4 members (excludes halogenated alkanes) is 2. The van der Waals surface area contributed by atoms with Gasteiger partial charge in [-0.25, -0.2) is 0 Å². The van der Waals surface area contributed by atoms with E-state index in [4.69, 9.17) is 13.9 Å². The fraction of sp³-hybridized carbons (Fsp3) is 0.312. The molecule has 3 aromatic carbocycles. The smallest absolute Gasteiger partial charge is 0.416 e. The van der Waals surface area contributed by atoms with E-state index in [0.717, 1.165) is 42.5 Å². The van der Waals surface area contributed by atoms with Gasteiger partial charge in [-0.05, 0) is 79.4 Å². The van der Waals surface area contributed by atoms with Crippen molar-refractivity contribution in [2.75, 3.05) is 18.6 Å². The number of aryl methyl sites for hydroxylation is 2. The molecule has 2 heterocycles. The van der Waals surface area contributed by atoms with E-state index in [9.17, 15) is 22.8 Å². The van der Waals surface area contributed by atoms with Gasteiger partial charge in [0.25, 0.3) is 5.91 Å². The van der Waals surface area contributed by atoms with Gasteiger partial charge in [0.05, 0.1) is 36.3 Å². The zero-order chi connectivity index (χ0) is 29.5. The molecule has 0 saturated heterocycles. The number of benzene rings is 3. The van der Waals surface area contributed by atoms with Crippen LogP contribution in [0, 0.1) is 13.8 Å². The Kier molecular flexibility index (Phi) is 7.55. The van der Waals surface area contributed by atoms with E-state index in [-0.39, 0.29) is 22.6 Å². The number of rotatable bonds is 8. The SMILES string of the molecule is CCCCCOc1ccc(C2c3c(oc4cc(C)c(C)cc4c3=O)C(=O)N2c2cccc(C(F)(F)F)c2)cc1OC. The molecule has 214 valence electrons. The monoisotopic (exact) mass is 565 g/mol. The molecule has 1 aliphatic heterocycles. The van der Waals surface area contributed by atoms with E-state index in [1.807, 2.05) is 13.8 Å². The highest BCUT2D eigenvalue weighted by molar-refractivity contribution is 6.10. The highest BCUT2D eigenvalue weighted by atomic mass is 19.4. The molecule has 1 aliphatic rings. The van der Waals surface area contributed by atoms with Crippen LogP contribution in [0.1, 0.15) is 70.6 Å². The number of fused-ring (bicyclic) bond motifs is 2. The minimum Gasteiger partial charge on any atom is -0.493 e. The molecule has 0 aliphatic carbocycles. The number of ether oxygens (including phenoxy) is 2. The van der Waals surface area contributed by atoms with Crippen LogP contribution in [-0.4, -0.2) is 19.6 Å². The number of nitrogens with zero attached hydrogens (tertiary/aromatic N) is 1. The Morgan fingerprint density at radius 1 is 0.951 bits per heavy atom. The van der Waals surface area contributed by atoms with E-state index in [2.05, 4.69) is 6.92 Å². The maximum Gasteiger partial charge on any atom is 0.416 e. The number of methoxy groups -OCH3 is 1. The van der Waals surface area contributed by atoms with Crippen LogP contribution in [0.15, 0.2) is 63.8 Å². The third kappa shape index (κ3) is 5.16. The van der Waals surface area contributed by atoms with E-state index < -0.39 is 29.1 Å². The fourth-order valence-corrected chi connectivity index (χ4v) is 5.15. The highest BCUT2D eigenvalue weighted by Crippen LogP contribution is 2.44. The molecule has 1 amide bonds. The third-order valence-corrected chi connectivity index (χ3v) is 7.45. The number of anilines is 1. The maximum absolute atomic E-state index is 14.0. The zero-order valence-corrected chi connectivity index (χ0v) is 23.2. The lowest BCUT2D eigenvalue weighted by Crippen LogP contribution is -2.29. The number of carbonyl (C=O) groups excluding carboxylic acids is 1. The predicted molar refractivity (Wildman–Crippen MR) is 150 cm³/mol. The Morgan fingerprint density at radius 2 is 1.71 bits per heavy atom. The molecule has 0 radical (unpaired) electrons. The summed E-state index contributed by atoms with van der Waals surface area (Å²) in [5.41, 5.74) is 1.14. The van der Waals surface area contributed by atoms with E-state index >= 15 is 0 Å². The molecule has 0 bridgehead atoms. The molecule has 1 atom stereocenters. The minimum atomic E-state index is -4.63. The van der Waals surface area contributed by atoms with Crippen LogP contribution in [0.3, 0.4) is 0 Å². The number of hydrogen-bond donors (Lipinski definition) is 0. The van der Waals surface area contributed by atoms with Gasteiger partial charge in [-0.1, -0.05) is 31.9 Å². The van der Waals surface area contributed by atoms with E-state index in [0.29, 0.717) is 29.1 Å². The van der Waals surface area contributed by atoms with Crippen LogP contribution in [0.4, 0.5) is 18.9 Å². The number of alkyl halides is 3. The summed E-state index contributed by atoms with van der Waals surface area (Å²) in [5.74, 6) is -0.0489. The van der Waals surface area contributed by atoms with Gasteiger partial charge in [-0.2, -0.15) is 13.2 Å². The molecule has 1 aromatic heterocycles. The molecule has 6 nitrogen and oxygen atoms in total. The molecule has 0 spiro atoms. The van der Waals surface area contributed by atoms with Crippen molar-refractivity contribution < 1.29 is 31.9 Å². The number of carbonyl (C=O) groups is 1. The van der Waals surface area contributed by atoms with Crippen molar-refractivity contribution >= 4 is 22.6 Å². The van der Waals surface area contributed by atoms with Crippen molar-refractivity contribution in [1.82, 2.24) is 0 Å². The third-order valence-electron chi connectivity index (χ3n) is 7.45. The molecular weight excluding hydrogens is 535 g/mol. The second-order valence-electron chi connectivity index (χ2n) is 10.2. The number of halogens is 3. The lowest BCUT2D eigenvalue weighted by molar-refractivity contribution is -0.137. The van der Waals surface area contributed by atoms with Crippen LogP contribution in [-0.2, 0) is 6.18 Å². The highest BCUT2D eigenvalue weighted by Gasteiger charge is 2.44. The summed E-state index contributed by atoms with van der Waals surface area (Å²) in [7, 11) is 1.48. The first kappa shape index (κ1) is 28.3. The summed E-state index contributed by atoms with van der Waals surface area (Å²) in [6.07, 6.45) is -1.71. The first-order valence-electron chi connectivity index (χ1n) is 13.4. The van der Waals surface area contributed by atoms with Crippen LogP contribution in [0.25, 0.3) is 11.0 Å². The number of hydrogen-bond acceptors (Lipinski definition) is 5. The second-order valence-corrected chi connectivity index (χ2v) is 10.2. The predicted octanol–water partition coefficient (Wildman–Crippen LogP) is 7.76. The Hall–Kier alpha value is -4.27. The Morgan fingerprint density at radius 3 is 2.41 bits per heavy atom. The van der Waals surface area contributed by atoms with Gasteiger partial charge in [-0.15, -0.1) is 0 Å². The summed E-state index contributed by atoms with van der Waals surface area (Å²) in [5, 5.41) is 0.290. The molecule has 41 heavy (non-hydrogen) atoms. The standard InChI is InChI=1S/C32H30F3NO5/c1-5-6-7-13-40-24-12-11-20(16-26(24)39-4)28-27-29(37)23-14-18(2)19(3)15-25(23)41-30(27)31(38)36(28)22-10-8-9-21(17-22)32(33,34)35/h8-12,14-17,28H,5-7,13H2,1-4H3. The van der Waals surface area contributed by atoms with Gasteiger partial charge < -0.3 is 13.9 Å². The van der Waals surface area contributed by atoms with Crippen molar-refractivity contribution in [3.8, 4) is 11.5 Å². The summed E-state index contributed by atoms with van der Waals surface area (Å²) < 4.78 is 58.5.